The normalized spacial score (nSPS) is 11.5. The summed E-state index contributed by atoms with van der Waals surface area (Å²) in [5, 5.41) is 6.60. The number of sulfone groups is 1. The number of alkyl halides is 2. The molecule has 140 valence electrons. The topological polar surface area (TPSA) is 93.9 Å². The fourth-order valence-corrected chi connectivity index (χ4v) is 2.99. The van der Waals surface area contributed by atoms with E-state index in [2.05, 4.69) is 15.4 Å². The minimum Gasteiger partial charge on any atom is -0.289 e. The van der Waals surface area contributed by atoms with Gasteiger partial charge in [0.05, 0.1) is 11.4 Å². The van der Waals surface area contributed by atoms with E-state index in [9.17, 15) is 22.0 Å². The van der Waals surface area contributed by atoms with Crippen LogP contribution in [0.15, 0.2) is 65.8 Å². The third kappa shape index (κ3) is 4.34. The monoisotopic (exact) mass is 392 g/mol. The SMILES string of the molecule is O=C(Nc1ncn(Cc2ccccc2)n1)c1ccc(S(=O)(=O)C(F)F)cc1. The molecule has 0 aliphatic heterocycles. The largest absolute Gasteiger partial charge is 0.341 e. The summed E-state index contributed by atoms with van der Waals surface area (Å²) in [6, 6.07) is 13.7. The van der Waals surface area contributed by atoms with Crippen LogP contribution in [0.25, 0.3) is 0 Å². The molecule has 0 aliphatic carbocycles. The summed E-state index contributed by atoms with van der Waals surface area (Å²) < 4.78 is 49.3. The lowest BCUT2D eigenvalue weighted by Gasteiger charge is -2.05. The number of halogens is 2. The Labute approximate surface area is 153 Å². The molecule has 0 saturated heterocycles. The Morgan fingerprint density at radius 2 is 1.74 bits per heavy atom. The van der Waals surface area contributed by atoms with Crippen LogP contribution in [0.3, 0.4) is 0 Å². The van der Waals surface area contributed by atoms with Gasteiger partial charge in [-0.2, -0.15) is 8.78 Å². The van der Waals surface area contributed by atoms with Gasteiger partial charge in [0.2, 0.25) is 15.8 Å². The number of hydrogen-bond acceptors (Lipinski definition) is 5. The maximum absolute atomic E-state index is 12.5. The fraction of sp³-hybridized carbons (Fsp3) is 0.118. The van der Waals surface area contributed by atoms with Crippen molar-refractivity contribution in [1.82, 2.24) is 14.8 Å². The van der Waals surface area contributed by atoms with Gasteiger partial charge in [0.15, 0.2) is 0 Å². The number of carbonyl (C=O) groups is 1. The van der Waals surface area contributed by atoms with Gasteiger partial charge in [0.1, 0.15) is 6.33 Å². The summed E-state index contributed by atoms with van der Waals surface area (Å²) in [6.07, 6.45) is 1.46. The first-order chi connectivity index (χ1) is 12.9. The maximum atomic E-state index is 12.5. The third-order valence-electron chi connectivity index (χ3n) is 3.63. The number of hydrogen-bond donors (Lipinski definition) is 1. The van der Waals surface area contributed by atoms with E-state index in [1.54, 1.807) is 4.68 Å². The van der Waals surface area contributed by atoms with Crippen molar-refractivity contribution in [1.29, 1.82) is 0 Å². The second-order valence-corrected chi connectivity index (χ2v) is 7.45. The van der Waals surface area contributed by atoms with E-state index in [1.165, 1.54) is 6.33 Å². The summed E-state index contributed by atoms with van der Waals surface area (Å²) >= 11 is 0. The van der Waals surface area contributed by atoms with E-state index >= 15 is 0 Å². The summed E-state index contributed by atoms with van der Waals surface area (Å²) in [7, 11) is -4.70. The number of anilines is 1. The van der Waals surface area contributed by atoms with Crippen molar-refractivity contribution in [3.05, 3.63) is 72.1 Å². The number of amides is 1. The second-order valence-electron chi connectivity index (χ2n) is 5.54. The Bertz CT molecular complexity index is 1040. The number of nitrogens with zero attached hydrogens (tertiary/aromatic N) is 3. The standard InChI is InChI=1S/C17H14F2N4O3S/c18-16(19)27(25,26)14-8-6-13(7-9-14)15(24)21-17-20-11-23(22-17)10-12-4-2-1-3-5-12/h1-9,11,16H,10H2,(H,21,22,24). The Hall–Kier alpha value is -3.14. The summed E-state index contributed by atoms with van der Waals surface area (Å²) in [5.74, 6) is -4.04. The number of benzene rings is 2. The van der Waals surface area contributed by atoms with Gasteiger partial charge in [-0.1, -0.05) is 30.3 Å². The minimum atomic E-state index is -4.70. The first-order valence-corrected chi connectivity index (χ1v) is 9.28. The summed E-state index contributed by atoms with van der Waals surface area (Å²) in [5.41, 5.74) is 1.10. The first-order valence-electron chi connectivity index (χ1n) is 7.73. The average Bonchev–Trinajstić information content (AvgIpc) is 3.09. The van der Waals surface area contributed by atoms with Gasteiger partial charge in [0, 0.05) is 5.56 Å². The van der Waals surface area contributed by atoms with Crippen LogP contribution in [0.1, 0.15) is 15.9 Å². The molecular formula is C17H14F2N4O3S. The van der Waals surface area contributed by atoms with Crippen LogP contribution in [0.2, 0.25) is 0 Å². The number of nitrogens with one attached hydrogen (secondary N) is 1. The molecule has 27 heavy (non-hydrogen) atoms. The van der Waals surface area contributed by atoms with Gasteiger partial charge in [-0.15, -0.1) is 5.10 Å². The predicted molar refractivity (Wildman–Crippen MR) is 93.2 cm³/mol. The number of aromatic nitrogens is 3. The Balaban J connectivity index is 1.67. The van der Waals surface area contributed by atoms with Crippen molar-refractivity contribution in [2.45, 2.75) is 17.2 Å². The lowest BCUT2D eigenvalue weighted by atomic mass is 10.2. The molecule has 7 nitrogen and oxygen atoms in total. The van der Waals surface area contributed by atoms with Crippen molar-refractivity contribution >= 4 is 21.7 Å². The number of carbonyl (C=O) groups excluding carboxylic acids is 1. The molecule has 2 aromatic carbocycles. The lowest BCUT2D eigenvalue weighted by molar-refractivity contribution is 0.102. The quantitative estimate of drug-likeness (QED) is 0.696. The highest BCUT2D eigenvalue weighted by Crippen LogP contribution is 2.19. The molecule has 0 spiro atoms. The molecule has 0 atom stereocenters. The van der Waals surface area contributed by atoms with E-state index in [0.29, 0.717) is 6.54 Å². The maximum Gasteiger partial charge on any atom is 0.341 e. The molecule has 10 heteroatoms. The van der Waals surface area contributed by atoms with Crippen molar-refractivity contribution in [3.8, 4) is 0 Å². The van der Waals surface area contributed by atoms with Crippen molar-refractivity contribution < 1.29 is 22.0 Å². The second kappa shape index (κ2) is 7.62. The summed E-state index contributed by atoms with van der Waals surface area (Å²) in [6.45, 7) is 0.476. The molecule has 3 rings (SSSR count). The van der Waals surface area contributed by atoms with E-state index in [1.807, 2.05) is 30.3 Å². The molecule has 0 fully saturated rings. The molecule has 3 aromatic rings. The van der Waals surface area contributed by atoms with Gasteiger partial charge < -0.3 is 0 Å². The van der Waals surface area contributed by atoms with Crippen molar-refractivity contribution in [3.63, 3.8) is 0 Å². The third-order valence-corrected chi connectivity index (χ3v) is 5.03. The average molecular weight is 392 g/mol. The molecule has 0 saturated carbocycles. The molecule has 0 aliphatic rings. The van der Waals surface area contributed by atoms with Crippen LogP contribution >= 0.6 is 0 Å². The highest BCUT2D eigenvalue weighted by Gasteiger charge is 2.26. The van der Waals surface area contributed by atoms with Crippen LogP contribution in [-0.4, -0.2) is 34.8 Å². The van der Waals surface area contributed by atoms with Gasteiger partial charge in [-0.25, -0.2) is 18.1 Å². The highest BCUT2D eigenvalue weighted by atomic mass is 32.2. The Morgan fingerprint density at radius 1 is 1.07 bits per heavy atom. The van der Waals surface area contributed by atoms with Crippen molar-refractivity contribution in [2.24, 2.45) is 0 Å². The molecular weight excluding hydrogens is 378 g/mol. The smallest absolute Gasteiger partial charge is 0.289 e. The predicted octanol–water partition coefficient (Wildman–Crippen LogP) is 2.58. The minimum absolute atomic E-state index is 0.0696. The van der Waals surface area contributed by atoms with Gasteiger partial charge >= 0.3 is 5.76 Å². The zero-order chi connectivity index (χ0) is 19.4. The molecule has 1 aromatic heterocycles. The van der Waals surface area contributed by atoms with E-state index in [4.69, 9.17) is 0 Å². The summed E-state index contributed by atoms with van der Waals surface area (Å²) in [4.78, 5) is 15.6. The fourth-order valence-electron chi connectivity index (χ4n) is 2.27. The van der Waals surface area contributed by atoms with Gasteiger partial charge in [-0.05, 0) is 29.8 Å². The molecule has 0 bridgehead atoms. The van der Waals surface area contributed by atoms with E-state index in [-0.39, 0.29) is 11.5 Å². The first kappa shape index (κ1) is 18.6. The van der Waals surface area contributed by atoms with E-state index < -0.39 is 26.4 Å². The van der Waals surface area contributed by atoms with Gasteiger partial charge in [0.25, 0.3) is 5.91 Å². The van der Waals surface area contributed by atoms with Crippen molar-refractivity contribution in [2.75, 3.05) is 5.32 Å². The van der Waals surface area contributed by atoms with Crippen LogP contribution in [0.5, 0.6) is 0 Å². The Morgan fingerprint density at radius 3 is 2.37 bits per heavy atom. The number of rotatable bonds is 6. The zero-order valence-corrected chi connectivity index (χ0v) is 14.6. The molecule has 1 heterocycles. The molecule has 1 N–H and O–H groups in total. The van der Waals surface area contributed by atoms with Gasteiger partial charge in [-0.3, -0.25) is 10.1 Å². The lowest BCUT2D eigenvalue weighted by Crippen LogP contribution is -2.15. The van der Waals surface area contributed by atoms with Crippen LogP contribution in [-0.2, 0) is 16.4 Å². The molecule has 0 unspecified atom stereocenters. The van der Waals surface area contributed by atoms with Crippen LogP contribution < -0.4 is 5.32 Å². The molecule has 1 amide bonds. The highest BCUT2D eigenvalue weighted by molar-refractivity contribution is 7.91. The van der Waals surface area contributed by atoms with Crippen LogP contribution in [0, 0.1) is 0 Å². The Kier molecular flexibility index (Phi) is 5.26. The van der Waals surface area contributed by atoms with Crippen LogP contribution in [0.4, 0.5) is 14.7 Å². The molecule has 0 radical (unpaired) electrons. The zero-order valence-electron chi connectivity index (χ0n) is 13.8. The van der Waals surface area contributed by atoms with E-state index in [0.717, 1.165) is 29.8 Å².